The molecule has 1 aromatic rings. The normalized spacial score (nSPS) is 9.27. The van der Waals surface area contributed by atoms with E-state index < -0.39 is 5.82 Å². The summed E-state index contributed by atoms with van der Waals surface area (Å²) < 4.78 is 13.2. The van der Waals surface area contributed by atoms with E-state index in [1.165, 1.54) is 12.1 Å². The number of rotatable bonds is 0. The molecule has 0 bridgehead atoms. The predicted molar refractivity (Wildman–Crippen MR) is 43.8 cm³/mol. The van der Waals surface area contributed by atoms with Gasteiger partial charge in [0.25, 0.3) is 0 Å². The topological polar surface area (TPSA) is 23.8 Å². The smallest absolute Gasteiger partial charge is 0.142 e. The molecular weight excluding hydrogens is 232 g/mol. The van der Waals surface area contributed by atoms with Crippen LogP contribution in [0, 0.1) is 17.1 Å². The van der Waals surface area contributed by atoms with Crippen LogP contribution in [-0.2, 0) is 0 Å². The molecule has 1 rings (SSSR count). The van der Waals surface area contributed by atoms with Crippen LogP contribution in [0.1, 0.15) is 5.56 Å². The molecule has 0 amide bonds. The van der Waals surface area contributed by atoms with E-state index >= 15 is 0 Å². The van der Waals surface area contributed by atoms with Crippen molar-refractivity contribution in [2.45, 2.75) is 0 Å². The van der Waals surface area contributed by atoms with Crippen LogP contribution < -0.4 is 0 Å². The van der Waals surface area contributed by atoms with Crippen molar-refractivity contribution >= 4 is 27.5 Å². The minimum Gasteiger partial charge on any atom is -0.206 e. The van der Waals surface area contributed by atoms with E-state index in [1.54, 1.807) is 6.07 Å². The van der Waals surface area contributed by atoms with Gasteiger partial charge in [-0.1, -0.05) is 11.6 Å². The summed E-state index contributed by atoms with van der Waals surface area (Å²) in [5, 5.41) is 8.71. The van der Waals surface area contributed by atoms with E-state index in [0.29, 0.717) is 9.50 Å². The lowest BCUT2D eigenvalue weighted by Crippen LogP contribution is -1.83. The van der Waals surface area contributed by atoms with Gasteiger partial charge in [-0.15, -0.1) is 0 Å². The molecule has 0 aliphatic rings. The Morgan fingerprint density at radius 3 is 2.73 bits per heavy atom. The second-order valence-corrected chi connectivity index (χ2v) is 3.12. The van der Waals surface area contributed by atoms with Gasteiger partial charge in [0.1, 0.15) is 11.9 Å². The van der Waals surface area contributed by atoms with Gasteiger partial charge in [0.15, 0.2) is 0 Å². The summed E-state index contributed by atoms with van der Waals surface area (Å²) in [6.45, 7) is 0. The van der Waals surface area contributed by atoms with Crippen LogP contribution in [0.5, 0.6) is 0 Å². The highest BCUT2D eigenvalue weighted by Crippen LogP contribution is 2.24. The average Bonchev–Trinajstić information content (AvgIpc) is 1.97. The number of nitrogens with zero attached hydrogens (tertiary/aromatic N) is 1. The highest BCUT2D eigenvalue weighted by molar-refractivity contribution is 9.10. The van der Waals surface area contributed by atoms with Gasteiger partial charge >= 0.3 is 0 Å². The van der Waals surface area contributed by atoms with Gasteiger partial charge < -0.3 is 0 Å². The fraction of sp³-hybridized carbons (Fsp3) is 0. The van der Waals surface area contributed by atoms with Crippen molar-refractivity contribution in [1.29, 1.82) is 5.26 Å². The molecule has 0 radical (unpaired) electrons. The Morgan fingerprint density at radius 1 is 1.55 bits per heavy atom. The van der Waals surface area contributed by atoms with Crippen LogP contribution in [0.15, 0.2) is 16.6 Å². The fourth-order valence-corrected chi connectivity index (χ4v) is 1.09. The molecule has 0 fully saturated rings. The Bertz CT molecular complexity index is 332. The molecular formula is C7H2BrClFN. The summed E-state index contributed by atoms with van der Waals surface area (Å²) in [6.07, 6.45) is 0. The monoisotopic (exact) mass is 233 g/mol. The lowest BCUT2D eigenvalue weighted by molar-refractivity contribution is 0.623. The molecule has 0 unspecified atom stereocenters. The van der Waals surface area contributed by atoms with E-state index in [2.05, 4.69) is 15.9 Å². The minimum atomic E-state index is -0.566. The van der Waals surface area contributed by atoms with Gasteiger partial charge in [-0.2, -0.15) is 5.26 Å². The Morgan fingerprint density at radius 2 is 2.18 bits per heavy atom. The van der Waals surface area contributed by atoms with E-state index in [-0.39, 0.29) is 5.56 Å². The number of halogens is 3. The molecule has 0 saturated heterocycles. The SMILES string of the molecule is N#Cc1cc(Cl)c(Br)cc1F. The summed E-state index contributed by atoms with van der Waals surface area (Å²) >= 11 is 8.63. The van der Waals surface area contributed by atoms with Crippen LogP contribution in [-0.4, -0.2) is 0 Å². The highest BCUT2D eigenvalue weighted by Gasteiger charge is 2.05. The van der Waals surface area contributed by atoms with Crippen molar-refractivity contribution in [2.75, 3.05) is 0 Å². The predicted octanol–water partition coefficient (Wildman–Crippen LogP) is 3.11. The molecule has 56 valence electrons. The van der Waals surface area contributed by atoms with E-state index in [0.717, 1.165) is 0 Å². The number of hydrogen-bond acceptors (Lipinski definition) is 1. The molecule has 0 heterocycles. The molecule has 11 heavy (non-hydrogen) atoms. The quantitative estimate of drug-likeness (QED) is 0.633. The highest BCUT2D eigenvalue weighted by atomic mass is 79.9. The zero-order chi connectivity index (χ0) is 8.43. The van der Waals surface area contributed by atoms with Crippen molar-refractivity contribution < 1.29 is 4.39 Å². The largest absolute Gasteiger partial charge is 0.206 e. The third kappa shape index (κ3) is 1.70. The van der Waals surface area contributed by atoms with Crippen molar-refractivity contribution in [3.63, 3.8) is 0 Å². The molecule has 0 N–H and O–H groups in total. The molecule has 0 aliphatic carbocycles. The zero-order valence-corrected chi connectivity index (χ0v) is 7.58. The molecule has 0 aromatic heterocycles. The van der Waals surface area contributed by atoms with Crippen LogP contribution in [0.25, 0.3) is 0 Å². The molecule has 0 saturated carbocycles. The standard InChI is InChI=1S/C7H2BrClFN/c8-5-2-7(10)4(3-11)1-6(5)9/h1-2H. The second kappa shape index (κ2) is 3.21. The third-order valence-electron chi connectivity index (χ3n) is 1.13. The van der Waals surface area contributed by atoms with Gasteiger partial charge in [0.05, 0.1) is 10.6 Å². The maximum atomic E-state index is 12.7. The zero-order valence-electron chi connectivity index (χ0n) is 5.24. The number of hydrogen-bond donors (Lipinski definition) is 0. The second-order valence-electron chi connectivity index (χ2n) is 1.86. The minimum absolute atomic E-state index is 0.0433. The van der Waals surface area contributed by atoms with E-state index in [1.807, 2.05) is 0 Å². The van der Waals surface area contributed by atoms with E-state index in [9.17, 15) is 4.39 Å². The first-order valence-corrected chi connectivity index (χ1v) is 3.87. The lowest BCUT2D eigenvalue weighted by Gasteiger charge is -1.96. The molecule has 1 nitrogen and oxygen atoms in total. The van der Waals surface area contributed by atoms with Gasteiger partial charge in [-0.3, -0.25) is 0 Å². The lowest BCUT2D eigenvalue weighted by atomic mass is 10.2. The summed E-state index contributed by atoms with van der Waals surface area (Å²) in [5.41, 5.74) is -0.0433. The summed E-state index contributed by atoms with van der Waals surface area (Å²) in [6, 6.07) is 4.13. The maximum Gasteiger partial charge on any atom is 0.142 e. The fourth-order valence-electron chi connectivity index (χ4n) is 0.608. The summed E-state index contributed by atoms with van der Waals surface area (Å²) in [4.78, 5) is 0. The van der Waals surface area contributed by atoms with Crippen molar-refractivity contribution in [2.24, 2.45) is 0 Å². The Hall–Kier alpha value is -0.590. The van der Waals surface area contributed by atoms with Gasteiger partial charge in [-0.05, 0) is 28.1 Å². The van der Waals surface area contributed by atoms with E-state index in [4.69, 9.17) is 16.9 Å². The number of nitriles is 1. The Balaban J connectivity index is 3.35. The van der Waals surface area contributed by atoms with Gasteiger partial charge in [-0.25, -0.2) is 4.39 Å². The number of benzene rings is 1. The first kappa shape index (κ1) is 8.51. The summed E-state index contributed by atoms with van der Waals surface area (Å²) in [7, 11) is 0. The Labute approximate surface area is 76.5 Å². The van der Waals surface area contributed by atoms with Crippen LogP contribution in [0.2, 0.25) is 5.02 Å². The van der Waals surface area contributed by atoms with Crippen molar-refractivity contribution in [1.82, 2.24) is 0 Å². The first-order valence-electron chi connectivity index (χ1n) is 2.70. The molecule has 0 aliphatic heterocycles. The third-order valence-corrected chi connectivity index (χ3v) is 2.33. The first-order chi connectivity index (χ1) is 5.15. The van der Waals surface area contributed by atoms with Crippen molar-refractivity contribution in [3.8, 4) is 6.07 Å². The maximum absolute atomic E-state index is 12.7. The van der Waals surface area contributed by atoms with Gasteiger partial charge in [0.2, 0.25) is 0 Å². The van der Waals surface area contributed by atoms with Crippen molar-refractivity contribution in [3.05, 3.63) is 33.0 Å². The molecule has 4 heteroatoms. The average molecular weight is 234 g/mol. The summed E-state index contributed by atoms with van der Waals surface area (Å²) in [5.74, 6) is -0.566. The molecule has 0 atom stereocenters. The van der Waals surface area contributed by atoms with Crippen LogP contribution >= 0.6 is 27.5 Å². The molecule has 1 aromatic carbocycles. The van der Waals surface area contributed by atoms with Crippen LogP contribution in [0.3, 0.4) is 0 Å². The van der Waals surface area contributed by atoms with Crippen LogP contribution in [0.4, 0.5) is 4.39 Å². The van der Waals surface area contributed by atoms with Gasteiger partial charge in [0, 0.05) is 4.47 Å². The Kier molecular flexibility index (Phi) is 2.48. The molecule has 0 spiro atoms.